The molecule has 0 aliphatic carbocycles. The maximum atomic E-state index is 11.5. The highest BCUT2D eigenvalue weighted by Crippen LogP contribution is 2.13. The molecule has 0 aliphatic heterocycles. The fraction of sp³-hybridized carbons (Fsp3) is 0.917. The topological polar surface area (TPSA) is 61.4 Å². The molecule has 16 heavy (non-hydrogen) atoms. The molecule has 0 saturated heterocycles. The molecule has 0 aromatic heterocycles. The summed E-state index contributed by atoms with van der Waals surface area (Å²) in [5.41, 5.74) is -0.310. The van der Waals surface area contributed by atoms with Gasteiger partial charge in [0, 0.05) is 12.1 Å². The molecule has 0 bridgehead atoms. The first-order valence-electron chi connectivity index (χ1n) is 6.12. The van der Waals surface area contributed by atoms with Crippen LogP contribution < -0.4 is 10.6 Å². The molecular weight excluding hydrogens is 204 g/mol. The standard InChI is InChI=1S/C12H26N2O2/c1-5-12(6-2,9-15)14-8-11(16)13-7-10(3)4/h10,14-15H,5-9H2,1-4H3,(H,13,16). The predicted molar refractivity (Wildman–Crippen MR) is 66.2 cm³/mol. The third kappa shape index (κ3) is 5.47. The first kappa shape index (κ1) is 15.4. The molecule has 3 N–H and O–H groups in total. The Balaban J connectivity index is 3.97. The SMILES string of the molecule is CCC(CC)(CO)NCC(=O)NCC(C)C. The van der Waals surface area contributed by atoms with Crippen LogP contribution in [0, 0.1) is 5.92 Å². The van der Waals surface area contributed by atoms with Crippen LogP contribution in [-0.4, -0.2) is 36.2 Å². The molecule has 0 saturated carbocycles. The summed E-state index contributed by atoms with van der Waals surface area (Å²) in [5.74, 6) is 0.456. The van der Waals surface area contributed by atoms with Crippen molar-refractivity contribution in [3.8, 4) is 0 Å². The highest BCUT2D eigenvalue weighted by molar-refractivity contribution is 5.78. The average Bonchev–Trinajstić information content (AvgIpc) is 2.29. The number of nitrogens with one attached hydrogen (secondary N) is 2. The van der Waals surface area contributed by atoms with Gasteiger partial charge in [-0.2, -0.15) is 0 Å². The molecule has 0 aromatic carbocycles. The van der Waals surface area contributed by atoms with Gasteiger partial charge in [-0.3, -0.25) is 4.79 Å². The van der Waals surface area contributed by atoms with Crippen molar-refractivity contribution in [2.75, 3.05) is 19.7 Å². The Labute approximate surface area is 98.8 Å². The highest BCUT2D eigenvalue weighted by atomic mass is 16.3. The average molecular weight is 230 g/mol. The Bertz CT molecular complexity index is 193. The molecular formula is C12H26N2O2. The molecule has 0 radical (unpaired) electrons. The first-order chi connectivity index (χ1) is 7.49. The number of hydrogen-bond donors (Lipinski definition) is 3. The van der Waals surface area contributed by atoms with Crippen molar-refractivity contribution in [2.45, 2.75) is 46.1 Å². The van der Waals surface area contributed by atoms with Crippen molar-refractivity contribution in [2.24, 2.45) is 5.92 Å². The number of rotatable bonds is 8. The normalized spacial score (nSPS) is 11.9. The van der Waals surface area contributed by atoms with Crippen molar-refractivity contribution in [1.29, 1.82) is 0 Å². The van der Waals surface area contributed by atoms with E-state index in [0.29, 0.717) is 12.5 Å². The van der Waals surface area contributed by atoms with Crippen molar-refractivity contribution >= 4 is 5.91 Å². The molecule has 0 aromatic rings. The monoisotopic (exact) mass is 230 g/mol. The van der Waals surface area contributed by atoms with Crippen LogP contribution in [0.3, 0.4) is 0 Å². The Hall–Kier alpha value is -0.610. The van der Waals surface area contributed by atoms with Gasteiger partial charge >= 0.3 is 0 Å². The van der Waals surface area contributed by atoms with E-state index in [1.807, 2.05) is 13.8 Å². The van der Waals surface area contributed by atoms with E-state index < -0.39 is 0 Å². The second kappa shape index (κ2) is 7.63. The molecule has 0 heterocycles. The summed E-state index contributed by atoms with van der Waals surface area (Å²) in [6.07, 6.45) is 1.63. The van der Waals surface area contributed by atoms with E-state index in [1.165, 1.54) is 0 Å². The van der Waals surface area contributed by atoms with Crippen LogP contribution in [0.4, 0.5) is 0 Å². The lowest BCUT2D eigenvalue weighted by Crippen LogP contribution is -2.51. The number of carbonyl (C=O) groups excluding carboxylic acids is 1. The molecule has 0 spiro atoms. The number of aliphatic hydroxyl groups is 1. The van der Waals surface area contributed by atoms with E-state index in [0.717, 1.165) is 12.8 Å². The van der Waals surface area contributed by atoms with Gasteiger partial charge in [0.05, 0.1) is 13.2 Å². The van der Waals surface area contributed by atoms with Crippen molar-refractivity contribution in [1.82, 2.24) is 10.6 Å². The summed E-state index contributed by atoms with van der Waals surface area (Å²) in [6.45, 7) is 9.18. The Morgan fingerprint density at radius 1 is 1.31 bits per heavy atom. The van der Waals surface area contributed by atoms with E-state index in [9.17, 15) is 9.90 Å². The minimum Gasteiger partial charge on any atom is -0.394 e. The van der Waals surface area contributed by atoms with E-state index in [2.05, 4.69) is 24.5 Å². The van der Waals surface area contributed by atoms with E-state index in [4.69, 9.17) is 0 Å². The van der Waals surface area contributed by atoms with Gasteiger partial charge in [-0.05, 0) is 18.8 Å². The van der Waals surface area contributed by atoms with Crippen LogP contribution >= 0.6 is 0 Å². The van der Waals surface area contributed by atoms with Crippen LogP contribution in [0.25, 0.3) is 0 Å². The maximum Gasteiger partial charge on any atom is 0.233 e. The lowest BCUT2D eigenvalue weighted by Gasteiger charge is -2.30. The third-order valence-corrected chi connectivity index (χ3v) is 2.99. The summed E-state index contributed by atoms with van der Waals surface area (Å²) in [7, 11) is 0. The van der Waals surface area contributed by atoms with Crippen molar-refractivity contribution in [3.05, 3.63) is 0 Å². The van der Waals surface area contributed by atoms with Gasteiger partial charge in [0.15, 0.2) is 0 Å². The Morgan fingerprint density at radius 2 is 1.88 bits per heavy atom. The number of aliphatic hydroxyl groups excluding tert-OH is 1. The van der Waals surface area contributed by atoms with Gasteiger partial charge in [0.25, 0.3) is 0 Å². The maximum absolute atomic E-state index is 11.5. The minimum atomic E-state index is -0.310. The molecule has 96 valence electrons. The second-order valence-electron chi connectivity index (χ2n) is 4.70. The summed E-state index contributed by atoms with van der Waals surface area (Å²) in [5, 5.41) is 15.3. The molecule has 1 amide bonds. The lowest BCUT2D eigenvalue weighted by molar-refractivity contribution is -0.120. The summed E-state index contributed by atoms with van der Waals surface area (Å²) >= 11 is 0. The van der Waals surface area contributed by atoms with Crippen molar-refractivity contribution < 1.29 is 9.90 Å². The van der Waals surface area contributed by atoms with Crippen LogP contribution in [0.15, 0.2) is 0 Å². The largest absolute Gasteiger partial charge is 0.394 e. The van der Waals surface area contributed by atoms with E-state index in [1.54, 1.807) is 0 Å². The summed E-state index contributed by atoms with van der Waals surface area (Å²) < 4.78 is 0. The van der Waals surface area contributed by atoms with Gasteiger partial charge < -0.3 is 15.7 Å². The van der Waals surface area contributed by atoms with Crippen LogP contribution in [0.5, 0.6) is 0 Å². The van der Waals surface area contributed by atoms with Gasteiger partial charge in [0.2, 0.25) is 5.91 Å². The van der Waals surface area contributed by atoms with E-state index >= 15 is 0 Å². The number of hydrogen-bond acceptors (Lipinski definition) is 3. The van der Waals surface area contributed by atoms with Crippen LogP contribution in [0.1, 0.15) is 40.5 Å². The predicted octanol–water partition coefficient (Wildman–Crippen LogP) is 0.899. The summed E-state index contributed by atoms with van der Waals surface area (Å²) in [6, 6.07) is 0. The molecule has 0 unspecified atom stereocenters. The zero-order chi connectivity index (χ0) is 12.6. The smallest absolute Gasteiger partial charge is 0.233 e. The third-order valence-electron chi connectivity index (χ3n) is 2.99. The number of amides is 1. The zero-order valence-electron chi connectivity index (χ0n) is 11.0. The fourth-order valence-electron chi connectivity index (χ4n) is 1.43. The van der Waals surface area contributed by atoms with Gasteiger partial charge in [-0.15, -0.1) is 0 Å². The fourth-order valence-corrected chi connectivity index (χ4v) is 1.43. The van der Waals surface area contributed by atoms with Gasteiger partial charge in [-0.25, -0.2) is 0 Å². The van der Waals surface area contributed by atoms with E-state index in [-0.39, 0.29) is 24.6 Å². The zero-order valence-corrected chi connectivity index (χ0v) is 11.0. The molecule has 0 fully saturated rings. The van der Waals surface area contributed by atoms with Crippen molar-refractivity contribution in [3.63, 3.8) is 0 Å². The molecule has 4 nitrogen and oxygen atoms in total. The van der Waals surface area contributed by atoms with Crippen LogP contribution in [0.2, 0.25) is 0 Å². The minimum absolute atomic E-state index is 0.00609. The number of carbonyl (C=O) groups is 1. The molecule has 4 heteroatoms. The quantitative estimate of drug-likeness (QED) is 0.580. The summed E-state index contributed by atoms with van der Waals surface area (Å²) in [4.78, 5) is 11.5. The highest BCUT2D eigenvalue weighted by Gasteiger charge is 2.24. The molecule has 0 atom stereocenters. The second-order valence-corrected chi connectivity index (χ2v) is 4.70. The molecule has 0 rings (SSSR count). The Kier molecular flexibility index (Phi) is 7.34. The lowest BCUT2D eigenvalue weighted by atomic mass is 9.94. The molecule has 0 aliphatic rings. The van der Waals surface area contributed by atoms with Gasteiger partial charge in [0.1, 0.15) is 0 Å². The van der Waals surface area contributed by atoms with Crippen LogP contribution in [-0.2, 0) is 4.79 Å². The van der Waals surface area contributed by atoms with Gasteiger partial charge in [-0.1, -0.05) is 27.7 Å². The Morgan fingerprint density at radius 3 is 2.25 bits per heavy atom. The first-order valence-corrected chi connectivity index (χ1v) is 6.12.